The van der Waals surface area contributed by atoms with Crippen LogP contribution in [0.1, 0.15) is 26.2 Å². The second kappa shape index (κ2) is 7.25. The van der Waals surface area contributed by atoms with Crippen molar-refractivity contribution < 1.29 is 29.9 Å². The van der Waals surface area contributed by atoms with E-state index in [1.54, 1.807) is 0 Å². The molecule has 1 rings (SSSR count). The molecule has 1 fully saturated rings. The molecule has 6 nitrogen and oxygen atoms in total. The monoisotopic (exact) mass is 250 g/mol. The second-order valence-corrected chi connectivity index (χ2v) is 4.28. The van der Waals surface area contributed by atoms with Gasteiger partial charge in [0.05, 0.1) is 6.61 Å². The summed E-state index contributed by atoms with van der Waals surface area (Å²) in [6.07, 6.45) is -2.98. The molecule has 102 valence electrons. The quantitative estimate of drug-likeness (QED) is 0.451. The highest BCUT2D eigenvalue weighted by molar-refractivity contribution is 4.88. The van der Waals surface area contributed by atoms with Crippen molar-refractivity contribution in [3.63, 3.8) is 0 Å². The summed E-state index contributed by atoms with van der Waals surface area (Å²) in [5.41, 5.74) is 0. The third kappa shape index (κ3) is 3.87. The lowest BCUT2D eigenvalue weighted by Crippen LogP contribution is -2.59. The maximum atomic E-state index is 9.64. The van der Waals surface area contributed by atoms with Crippen LogP contribution in [-0.2, 0) is 9.47 Å². The van der Waals surface area contributed by atoms with Gasteiger partial charge in [-0.2, -0.15) is 0 Å². The van der Waals surface area contributed by atoms with E-state index in [2.05, 4.69) is 6.92 Å². The number of aliphatic hydroxyl groups excluding tert-OH is 4. The molecule has 0 amide bonds. The van der Waals surface area contributed by atoms with E-state index < -0.39 is 37.3 Å². The molecule has 1 aliphatic rings. The van der Waals surface area contributed by atoms with Gasteiger partial charge in [-0.3, -0.25) is 0 Å². The number of ether oxygens (including phenoxy) is 2. The Bertz CT molecular complexity index is 210. The molecular formula is C11H22O6. The maximum absolute atomic E-state index is 9.64. The summed E-state index contributed by atoms with van der Waals surface area (Å²) >= 11 is 0. The normalized spacial score (nSPS) is 38.3. The number of aliphatic hydroxyl groups is 4. The van der Waals surface area contributed by atoms with Gasteiger partial charge < -0.3 is 29.9 Å². The number of rotatable bonds is 6. The standard InChI is InChI=1S/C11H22O6/c1-2-3-4-5-16-11-10(15)9(14)8(13)7(6-12)17-11/h7-15H,2-6H2,1H3/t7-,8-,9+,10+,11+/m1/s1. The molecule has 0 aliphatic carbocycles. The van der Waals surface area contributed by atoms with Crippen molar-refractivity contribution in [2.24, 2.45) is 0 Å². The van der Waals surface area contributed by atoms with Crippen LogP contribution < -0.4 is 0 Å². The number of unbranched alkanes of at least 4 members (excludes halogenated alkanes) is 2. The van der Waals surface area contributed by atoms with Gasteiger partial charge in [0.1, 0.15) is 24.4 Å². The highest BCUT2D eigenvalue weighted by atomic mass is 16.7. The Labute approximate surface area is 101 Å². The van der Waals surface area contributed by atoms with E-state index in [1.165, 1.54) is 0 Å². The van der Waals surface area contributed by atoms with Gasteiger partial charge in [-0.15, -0.1) is 0 Å². The van der Waals surface area contributed by atoms with Gasteiger partial charge in [0, 0.05) is 6.61 Å². The minimum Gasteiger partial charge on any atom is -0.394 e. The predicted octanol–water partition coefficient (Wildman–Crippen LogP) is -1.01. The molecule has 4 N–H and O–H groups in total. The first-order chi connectivity index (χ1) is 8.11. The second-order valence-electron chi connectivity index (χ2n) is 4.28. The first-order valence-corrected chi connectivity index (χ1v) is 6.04. The molecule has 0 aromatic rings. The zero-order valence-electron chi connectivity index (χ0n) is 10.0. The van der Waals surface area contributed by atoms with Gasteiger partial charge in [0.2, 0.25) is 0 Å². The van der Waals surface area contributed by atoms with E-state index in [9.17, 15) is 15.3 Å². The molecule has 6 heteroatoms. The summed E-state index contributed by atoms with van der Waals surface area (Å²) in [5.74, 6) is 0. The molecule has 1 heterocycles. The molecule has 0 saturated carbocycles. The highest BCUT2D eigenvalue weighted by Gasteiger charge is 2.43. The Hall–Kier alpha value is -0.240. The van der Waals surface area contributed by atoms with E-state index in [0.717, 1.165) is 19.3 Å². The van der Waals surface area contributed by atoms with Crippen molar-refractivity contribution >= 4 is 0 Å². The highest BCUT2D eigenvalue weighted by Crippen LogP contribution is 2.22. The van der Waals surface area contributed by atoms with E-state index in [1.807, 2.05) is 0 Å². The minimum atomic E-state index is -1.36. The Morgan fingerprint density at radius 2 is 1.76 bits per heavy atom. The van der Waals surface area contributed by atoms with E-state index in [0.29, 0.717) is 6.61 Å². The van der Waals surface area contributed by atoms with Gasteiger partial charge in [0.15, 0.2) is 6.29 Å². The van der Waals surface area contributed by atoms with Crippen molar-refractivity contribution in [2.45, 2.75) is 56.9 Å². The van der Waals surface area contributed by atoms with Crippen LogP contribution in [0.2, 0.25) is 0 Å². The predicted molar refractivity (Wildman–Crippen MR) is 59.2 cm³/mol. The van der Waals surface area contributed by atoms with E-state index >= 15 is 0 Å². The fraction of sp³-hybridized carbons (Fsp3) is 1.00. The van der Waals surface area contributed by atoms with Gasteiger partial charge in [-0.05, 0) is 6.42 Å². The molecule has 5 atom stereocenters. The van der Waals surface area contributed by atoms with E-state index in [-0.39, 0.29) is 0 Å². The van der Waals surface area contributed by atoms with Crippen LogP contribution in [0.25, 0.3) is 0 Å². The lowest BCUT2D eigenvalue weighted by Gasteiger charge is -2.39. The summed E-state index contributed by atoms with van der Waals surface area (Å²) in [6.45, 7) is 2.05. The van der Waals surface area contributed by atoms with Gasteiger partial charge >= 0.3 is 0 Å². The Kier molecular flexibility index (Phi) is 6.32. The van der Waals surface area contributed by atoms with Crippen molar-refractivity contribution in [3.05, 3.63) is 0 Å². The minimum absolute atomic E-state index is 0.413. The summed E-state index contributed by atoms with van der Waals surface area (Å²) in [4.78, 5) is 0. The van der Waals surface area contributed by atoms with Crippen molar-refractivity contribution in [3.8, 4) is 0 Å². The van der Waals surface area contributed by atoms with Crippen LogP contribution in [0.3, 0.4) is 0 Å². The first kappa shape index (κ1) is 14.8. The molecule has 1 saturated heterocycles. The first-order valence-electron chi connectivity index (χ1n) is 6.04. The lowest BCUT2D eigenvalue weighted by molar-refractivity contribution is -0.301. The van der Waals surface area contributed by atoms with Crippen LogP contribution in [0.15, 0.2) is 0 Å². The van der Waals surface area contributed by atoms with Crippen LogP contribution in [0, 0.1) is 0 Å². The lowest BCUT2D eigenvalue weighted by atomic mass is 9.99. The molecule has 0 radical (unpaired) electrons. The van der Waals surface area contributed by atoms with Crippen LogP contribution >= 0.6 is 0 Å². The Morgan fingerprint density at radius 3 is 2.35 bits per heavy atom. The summed E-state index contributed by atoms with van der Waals surface area (Å²) in [6, 6.07) is 0. The fourth-order valence-electron chi connectivity index (χ4n) is 1.76. The smallest absolute Gasteiger partial charge is 0.186 e. The topological polar surface area (TPSA) is 99.4 Å². The van der Waals surface area contributed by atoms with Gasteiger partial charge in [0.25, 0.3) is 0 Å². The fourth-order valence-corrected chi connectivity index (χ4v) is 1.76. The van der Waals surface area contributed by atoms with Crippen LogP contribution in [0.4, 0.5) is 0 Å². The Morgan fingerprint density at radius 1 is 1.06 bits per heavy atom. The molecule has 17 heavy (non-hydrogen) atoms. The Balaban J connectivity index is 2.42. The summed E-state index contributed by atoms with van der Waals surface area (Å²) < 4.78 is 10.5. The molecule has 0 bridgehead atoms. The molecule has 0 aromatic heterocycles. The van der Waals surface area contributed by atoms with Gasteiger partial charge in [-0.1, -0.05) is 19.8 Å². The average molecular weight is 250 g/mol. The van der Waals surface area contributed by atoms with Crippen LogP contribution in [-0.4, -0.2) is 64.3 Å². The number of hydrogen-bond acceptors (Lipinski definition) is 6. The third-order valence-electron chi connectivity index (χ3n) is 2.88. The van der Waals surface area contributed by atoms with E-state index in [4.69, 9.17) is 14.6 Å². The zero-order valence-corrected chi connectivity index (χ0v) is 10.0. The molecule has 0 unspecified atom stereocenters. The summed E-state index contributed by atoms with van der Waals surface area (Å²) in [5, 5.41) is 37.6. The average Bonchev–Trinajstić information content (AvgIpc) is 2.34. The maximum Gasteiger partial charge on any atom is 0.186 e. The largest absolute Gasteiger partial charge is 0.394 e. The summed E-state index contributed by atoms with van der Waals surface area (Å²) in [7, 11) is 0. The molecule has 0 spiro atoms. The third-order valence-corrected chi connectivity index (χ3v) is 2.88. The SMILES string of the molecule is CCCCCO[C@H]1O[C@H](CO)[C@@H](O)[C@H](O)[C@@H]1O. The molecule has 0 aromatic carbocycles. The molecule has 1 aliphatic heterocycles. The number of hydrogen-bond donors (Lipinski definition) is 4. The van der Waals surface area contributed by atoms with Crippen molar-refractivity contribution in [1.82, 2.24) is 0 Å². The zero-order chi connectivity index (χ0) is 12.8. The van der Waals surface area contributed by atoms with Crippen LogP contribution in [0.5, 0.6) is 0 Å². The molecular weight excluding hydrogens is 228 g/mol. The van der Waals surface area contributed by atoms with Crippen molar-refractivity contribution in [2.75, 3.05) is 13.2 Å². The van der Waals surface area contributed by atoms with Gasteiger partial charge in [-0.25, -0.2) is 0 Å². The van der Waals surface area contributed by atoms with Crippen molar-refractivity contribution in [1.29, 1.82) is 0 Å².